The maximum Gasteiger partial charge on any atom is 0.573 e. The second-order valence-electron chi connectivity index (χ2n) is 11.5. The van der Waals surface area contributed by atoms with Crippen LogP contribution in [-0.4, -0.2) is 45.4 Å². The van der Waals surface area contributed by atoms with Gasteiger partial charge in [-0.3, -0.25) is 4.79 Å². The number of aromatic nitrogens is 2. The first kappa shape index (κ1) is 28.4. The molecule has 9 nitrogen and oxygen atoms in total. The number of amides is 3. The van der Waals surface area contributed by atoms with E-state index in [0.717, 1.165) is 22.3 Å². The molecule has 0 saturated heterocycles. The highest BCUT2D eigenvalue weighted by atomic mass is 19.4. The second-order valence-corrected chi connectivity index (χ2v) is 11.5. The van der Waals surface area contributed by atoms with E-state index in [-0.39, 0.29) is 36.1 Å². The number of urea groups is 1. The predicted octanol–water partition coefficient (Wildman–Crippen LogP) is 5.23. The van der Waals surface area contributed by atoms with Crippen LogP contribution in [0.25, 0.3) is 11.1 Å². The van der Waals surface area contributed by atoms with Crippen LogP contribution in [0.1, 0.15) is 61.5 Å². The molecule has 0 spiro atoms. The zero-order valence-corrected chi connectivity index (χ0v) is 23.3. The van der Waals surface area contributed by atoms with Gasteiger partial charge in [-0.15, -0.1) is 13.2 Å². The van der Waals surface area contributed by atoms with E-state index in [2.05, 4.69) is 25.5 Å². The number of carbonyl (C=O) groups is 2. The lowest BCUT2D eigenvalue weighted by Gasteiger charge is -2.34. The Bertz CT molecular complexity index is 1460. The molecule has 2 atom stereocenters. The summed E-state index contributed by atoms with van der Waals surface area (Å²) in [5, 5.41) is 9.78. The molecule has 2 N–H and O–H groups in total. The van der Waals surface area contributed by atoms with Crippen LogP contribution in [0, 0.1) is 12.8 Å². The largest absolute Gasteiger partial charge is 0.573 e. The number of alkyl halides is 3. The van der Waals surface area contributed by atoms with Crippen molar-refractivity contribution in [1.82, 2.24) is 25.7 Å². The maximum atomic E-state index is 13.0. The van der Waals surface area contributed by atoms with Crippen LogP contribution < -0.4 is 15.4 Å². The van der Waals surface area contributed by atoms with Gasteiger partial charge in [-0.05, 0) is 80.5 Å². The number of halogens is 3. The minimum Gasteiger partial charge on any atom is -0.406 e. The van der Waals surface area contributed by atoms with E-state index >= 15 is 0 Å². The van der Waals surface area contributed by atoms with E-state index in [4.69, 9.17) is 4.52 Å². The summed E-state index contributed by atoms with van der Waals surface area (Å²) < 4.78 is 47.9. The molecule has 1 fully saturated rings. The van der Waals surface area contributed by atoms with Crippen LogP contribution in [0.3, 0.4) is 0 Å². The van der Waals surface area contributed by atoms with Crippen molar-refractivity contribution in [2.24, 2.45) is 5.92 Å². The van der Waals surface area contributed by atoms with Gasteiger partial charge in [0.15, 0.2) is 5.82 Å². The molecule has 2 aliphatic rings. The fourth-order valence-electron chi connectivity index (χ4n) is 5.15. The molecule has 12 heteroatoms. The van der Waals surface area contributed by atoms with Crippen molar-refractivity contribution >= 4 is 11.9 Å². The number of hydrogen-bond acceptors (Lipinski definition) is 6. The number of ether oxygens (including phenoxy) is 1. The van der Waals surface area contributed by atoms with Crippen molar-refractivity contribution < 1.29 is 32.0 Å². The van der Waals surface area contributed by atoms with Gasteiger partial charge in [-0.25, -0.2) is 4.79 Å². The lowest BCUT2D eigenvalue weighted by molar-refractivity contribution is -0.274. The number of carbonyl (C=O) groups excluding carboxylic acids is 2. The highest BCUT2D eigenvalue weighted by molar-refractivity contribution is 5.83. The third-order valence-electron chi connectivity index (χ3n) is 7.10. The molecule has 3 aromatic rings. The molecular weight excluding hydrogens is 539 g/mol. The molecule has 1 aliphatic heterocycles. The first-order valence-corrected chi connectivity index (χ1v) is 13.4. The zero-order chi connectivity index (χ0) is 29.5. The van der Waals surface area contributed by atoms with E-state index in [1.165, 1.54) is 18.2 Å². The Labute approximate surface area is 235 Å². The van der Waals surface area contributed by atoms with E-state index in [1.807, 2.05) is 32.9 Å². The molecule has 5 rings (SSSR count). The summed E-state index contributed by atoms with van der Waals surface area (Å²) in [6.45, 7) is 8.39. The SMILES string of the molecule is Cc1noc([C@H]2C[C@@H]2C(=O)NCc2ccc(-c3cccc(OC(F)(F)F)c3)c3c2CN(C(=O)NC(C)(C)C)CC3)n1. The fourth-order valence-corrected chi connectivity index (χ4v) is 5.15. The van der Waals surface area contributed by atoms with Crippen LogP contribution in [0.15, 0.2) is 40.9 Å². The van der Waals surface area contributed by atoms with Crippen molar-refractivity contribution in [3.8, 4) is 16.9 Å². The number of benzene rings is 2. The molecule has 3 amide bonds. The van der Waals surface area contributed by atoms with Gasteiger partial charge in [-0.1, -0.05) is 29.4 Å². The predicted molar refractivity (Wildman–Crippen MR) is 143 cm³/mol. The first-order valence-electron chi connectivity index (χ1n) is 13.4. The zero-order valence-electron chi connectivity index (χ0n) is 23.3. The van der Waals surface area contributed by atoms with Crippen LogP contribution in [0.4, 0.5) is 18.0 Å². The minimum atomic E-state index is -4.80. The Balaban J connectivity index is 1.40. The van der Waals surface area contributed by atoms with Crippen molar-refractivity contribution in [2.45, 2.75) is 71.4 Å². The van der Waals surface area contributed by atoms with Gasteiger partial charge >= 0.3 is 12.4 Å². The van der Waals surface area contributed by atoms with Gasteiger partial charge in [0, 0.05) is 25.2 Å². The van der Waals surface area contributed by atoms with E-state index in [9.17, 15) is 22.8 Å². The quantitative estimate of drug-likeness (QED) is 0.420. The highest BCUT2D eigenvalue weighted by Gasteiger charge is 2.47. The molecule has 41 heavy (non-hydrogen) atoms. The van der Waals surface area contributed by atoms with E-state index in [1.54, 1.807) is 17.9 Å². The Kier molecular flexibility index (Phi) is 7.43. The van der Waals surface area contributed by atoms with Gasteiger partial charge < -0.3 is 24.8 Å². The number of fused-ring (bicyclic) bond motifs is 1. The van der Waals surface area contributed by atoms with Gasteiger partial charge in [0.2, 0.25) is 11.8 Å². The summed E-state index contributed by atoms with van der Waals surface area (Å²) in [5.41, 5.74) is 3.52. The summed E-state index contributed by atoms with van der Waals surface area (Å²) in [6.07, 6.45) is -3.68. The van der Waals surface area contributed by atoms with Crippen LogP contribution >= 0.6 is 0 Å². The number of nitrogens with zero attached hydrogens (tertiary/aromatic N) is 3. The van der Waals surface area contributed by atoms with Gasteiger partial charge in [0.25, 0.3) is 0 Å². The van der Waals surface area contributed by atoms with E-state index < -0.39 is 11.9 Å². The number of nitrogens with one attached hydrogen (secondary N) is 2. The fraction of sp³-hybridized carbons (Fsp3) is 0.448. The van der Waals surface area contributed by atoms with Gasteiger partial charge in [-0.2, -0.15) is 4.98 Å². The third kappa shape index (κ3) is 6.80. The summed E-state index contributed by atoms with van der Waals surface area (Å²) >= 11 is 0. The van der Waals surface area contributed by atoms with Gasteiger partial charge in [0.05, 0.1) is 11.8 Å². The lowest BCUT2D eigenvalue weighted by Crippen LogP contribution is -2.50. The Morgan fingerprint density at radius 1 is 1.15 bits per heavy atom. The molecule has 1 aromatic heterocycles. The normalized spacial score (nSPS) is 18.5. The summed E-state index contributed by atoms with van der Waals surface area (Å²) in [4.78, 5) is 31.9. The highest BCUT2D eigenvalue weighted by Crippen LogP contribution is 2.47. The van der Waals surface area contributed by atoms with E-state index in [0.29, 0.717) is 43.2 Å². The standard InChI is InChI=1S/C29H32F3N5O4/c1-16-34-26(41-36-16)23-13-22(23)25(38)33-14-18-8-9-20(17-6-5-7-19(12-17)40-29(30,31)32)21-10-11-37(15-24(18)21)27(39)35-28(2,3)4/h5-9,12,22-23H,10-11,13-15H2,1-4H3,(H,33,38)(H,35,39)/t22-,23-/m0/s1. The summed E-state index contributed by atoms with van der Waals surface area (Å²) in [6, 6.07) is 9.34. The molecule has 0 radical (unpaired) electrons. The Morgan fingerprint density at radius 2 is 1.93 bits per heavy atom. The molecule has 1 aliphatic carbocycles. The topological polar surface area (TPSA) is 110 Å². The minimum absolute atomic E-state index is 0.102. The number of aryl methyl sites for hydroxylation is 1. The van der Waals surface area contributed by atoms with Crippen LogP contribution in [0.5, 0.6) is 5.75 Å². The van der Waals surface area contributed by atoms with Gasteiger partial charge in [0.1, 0.15) is 5.75 Å². The molecule has 2 aromatic carbocycles. The molecule has 0 unspecified atom stereocenters. The number of rotatable bonds is 6. The summed E-state index contributed by atoms with van der Waals surface area (Å²) in [5.74, 6) is 0.192. The average Bonchev–Trinajstić information content (AvgIpc) is 3.57. The smallest absolute Gasteiger partial charge is 0.406 e. The Hall–Kier alpha value is -4.09. The van der Waals surface area contributed by atoms with Crippen molar-refractivity contribution in [3.63, 3.8) is 0 Å². The third-order valence-corrected chi connectivity index (χ3v) is 7.10. The molecule has 0 bridgehead atoms. The number of hydrogen-bond donors (Lipinski definition) is 2. The van der Waals surface area contributed by atoms with Crippen molar-refractivity contribution in [1.29, 1.82) is 0 Å². The first-order chi connectivity index (χ1) is 19.3. The Morgan fingerprint density at radius 3 is 2.61 bits per heavy atom. The molecule has 218 valence electrons. The lowest BCUT2D eigenvalue weighted by atomic mass is 9.87. The average molecular weight is 572 g/mol. The van der Waals surface area contributed by atoms with Crippen molar-refractivity contribution in [2.75, 3.05) is 6.54 Å². The monoisotopic (exact) mass is 571 g/mol. The molecular formula is C29H32F3N5O4. The maximum absolute atomic E-state index is 13.0. The van der Waals surface area contributed by atoms with Crippen LogP contribution in [0.2, 0.25) is 0 Å². The molecule has 1 saturated carbocycles. The van der Waals surface area contributed by atoms with Crippen LogP contribution in [-0.2, 0) is 24.3 Å². The van der Waals surface area contributed by atoms with Crippen molar-refractivity contribution in [3.05, 3.63) is 64.8 Å². The second kappa shape index (κ2) is 10.7. The summed E-state index contributed by atoms with van der Waals surface area (Å²) in [7, 11) is 0. The molecule has 2 heterocycles.